The predicted octanol–water partition coefficient (Wildman–Crippen LogP) is 3.04. The van der Waals surface area contributed by atoms with Gasteiger partial charge in [0.25, 0.3) is 11.8 Å². The molecular weight excluding hydrogens is 357 g/mol. The third-order valence-corrected chi connectivity index (χ3v) is 2.76. The van der Waals surface area contributed by atoms with Crippen LogP contribution >= 0.6 is 15.9 Å². The first-order chi connectivity index (χ1) is 9.69. The number of carbonyl (C=O) groups is 2. The van der Waals surface area contributed by atoms with Crippen molar-refractivity contribution in [2.24, 2.45) is 0 Å². The summed E-state index contributed by atoms with van der Waals surface area (Å²) in [6.45, 7) is 3.21. The third-order valence-electron chi connectivity index (χ3n) is 2.14. The van der Waals surface area contributed by atoms with Gasteiger partial charge in [-0.25, -0.2) is 4.90 Å². The molecule has 0 atom stereocenters. The lowest BCUT2D eigenvalue weighted by molar-refractivity contribution is -0.274. The molecule has 1 rings (SSSR count). The van der Waals surface area contributed by atoms with Crippen LogP contribution < -0.4 is 9.64 Å². The Balaban J connectivity index is 3.21. The fraction of sp³-hybridized carbons (Fsp3) is 0.0833. The van der Waals surface area contributed by atoms with Crippen LogP contribution in [0.5, 0.6) is 5.75 Å². The topological polar surface area (TPSA) is 70.5 Å². The molecule has 9 heteroatoms. The van der Waals surface area contributed by atoms with Crippen molar-refractivity contribution in [2.45, 2.75) is 6.36 Å². The molecule has 0 bridgehead atoms. The molecule has 0 saturated carbocycles. The molecule has 5 nitrogen and oxygen atoms in total. The Bertz CT molecular complexity index is 582. The number of imide groups is 1. The van der Waals surface area contributed by atoms with Crippen LogP contribution in [0.15, 0.2) is 35.3 Å². The zero-order valence-corrected chi connectivity index (χ0v) is 11.9. The number of alkyl halides is 3. The van der Waals surface area contributed by atoms with Crippen LogP contribution in [0.4, 0.5) is 18.9 Å². The van der Waals surface area contributed by atoms with Crippen LogP contribution in [0.3, 0.4) is 0 Å². The van der Waals surface area contributed by atoms with E-state index in [1.54, 1.807) is 0 Å². The number of halogens is 4. The maximum atomic E-state index is 12.1. The van der Waals surface area contributed by atoms with Crippen LogP contribution in [-0.4, -0.2) is 24.4 Å². The number of hydrogen-bond donors (Lipinski definition) is 1. The van der Waals surface area contributed by atoms with Crippen LogP contribution in [0, 0.1) is 5.41 Å². The van der Waals surface area contributed by atoms with Crippen molar-refractivity contribution in [3.05, 3.63) is 35.3 Å². The first-order valence-corrected chi connectivity index (χ1v) is 6.05. The lowest BCUT2D eigenvalue weighted by Crippen LogP contribution is -2.36. The molecule has 0 radical (unpaired) electrons. The number of nitrogens with zero attached hydrogens (tertiary/aromatic N) is 1. The summed E-state index contributed by atoms with van der Waals surface area (Å²) in [5, 5.41) is 6.88. The summed E-state index contributed by atoms with van der Waals surface area (Å²) in [6, 6.07) is 3.10. The fourth-order valence-electron chi connectivity index (χ4n) is 1.36. The van der Waals surface area contributed by atoms with Crippen molar-refractivity contribution in [2.75, 3.05) is 4.90 Å². The lowest BCUT2D eigenvalue weighted by Gasteiger charge is -2.18. The summed E-state index contributed by atoms with van der Waals surface area (Å²) in [7, 11) is 0. The number of rotatable bonds is 4. The molecule has 0 aliphatic carbocycles. The van der Waals surface area contributed by atoms with Crippen molar-refractivity contribution in [1.82, 2.24) is 0 Å². The molecule has 21 heavy (non-hydrogen) atoms. The SMILES string of the molecule is C=CC(=O)N(C(=O)C=N)c1ccc(OC(F)(F)F)c(Br)c1. The van der Waals surface area contributed by atoms with Gasteiger partial charge in [0.15, 0.2) is 0 Å². The van der Waals surface area contributed by atoms with E-state index in [0.717, 1.165) is 24.3 Å². The summed E-state index contributed by atoms with van der Waals surface area (Å²) in [6.07, 6.45) is -3.63. The van der Waals surface area contributed by atoms with Crippen LogP contribution in [0.1, 0.15) is 0 Å². The minimum atomic E-state index is -4.87. The maximum absolute atomic E-state index is 12.1. The molecule has 0 fully saturated rings. The van der Waals surface area contributed by atoms with Gasteiger partial charge >= 0.3 is 6.36 Å². The smallest absolute Gasteiger partial charge is 0.405 e. The number of amides is 2. The van der Waals surface area contributed by atoms with Crippen molar-refractivity contribution in [1.29, 1.82) is 5.41 Å². The van der Waals surface area contributed by atoms with E-state index in [1.807, 2.05) is 0 Å². The first-order valence-electron chi connectivity index (χ1n) is 5.26. The highest BCUT2D eigenvalue weighted by Crippen LogP contribution is 2.33. The van der Waals surface area contributed by atoms with Gasteiger partial charge in [0.2, 0.25) is 0 Å². The molecule has 1 aromatic rings. The minimum Gasteiger partial charge on any atom is -0.405 e. The van der Waals surface area contributed by atoms with Gasteiger partial charge in [-0.15, -0.1) is 13.2 Å². The van der Waals surface area contributed by atoms with Crippen molar-refractivity contribution >= 4 is 39.6 Å². The maximum Gasteiger partial charge on any atom is 0.573 e. The highest BCUT2D eigenvalue weighted by molar-refractivity contribution is 9.10. The van der Waals surface area contributed by atoms with Gasteiger partial charge in [-0.1, -0.05) is 6.58 Å². The molecule has 0 aliphatic heterocycles. The van der Waals surface area contributed by atoms with Crippen molar-refractivity contribution < 1.29 is 27.5 Å². The minimum absolute atomic E-state index is 0.0326. The molecule has 0 aliphatic rings. The summed E-state index contributed by atoms with van der Waals surface area (Å²) in [5.41, 5.74) is -0.0326. The van der Waals surface area contributed by atoms with Gasteiger partial charge in [0.1, 0.15) is 5.75 Å². The van der Waals surface area contributed by atoms with Crippen LogP contribution in [-0.2, 0) is 9.59 Å². The largest absolute Gasteiger partial charge is 0.573 e. The Morgan fingerprint density at radius 2 is 1.95 bits per heavy atom. The molecule has 1 N–H and O–H groups in total. The summed E-state index contributed by atoms with van der Waals surface area (Å²) in [5.74, 6) is -2.31. The van der Waals surface area contributed by atoms with Crippen molar-refractivity contribution in [3.8, 4) is 5.75 Å². The van der Waals surface area contributed by atoms with Gasteiger partial charge in [-0.3, -0.25) is 9.59 Å². The molecule has 1 aromatic carbocycles. The zero-order chi connectivity index (χ0) is 16.2. The molecule has 0 heterocycles. The van der Waals surface area contributed by atoms with Crippen molar-refractivity contribution in [3.63, 3.8) is 0 Å². The van der Waals surface area contributed by atoms with Gasteiger partial charge in [-0.05, 0) is 40.2 Å². The Morgan fingerprint density at radius 3 is 2.38 bits per heavy atom. The van der Waals surface area contributed by atoms with Gasteiger partial charge in [-0.2, -0.15) is 0 Å². The van der Waals surface area contributed by atoms with Crippen LogP contribution in [0.25, 0.3) is 0 Å². The zero-order valence-electron chi connectivity index (χ0n) is 10.3. The Labute approximate surface area is 125 Å². The number of hydrogen-bond acceptors (Lipinski definition) is 4. The van der Waals surface area contributed by atoms with Gasteiger partial charge < -0.3 is 10.1 Å². The second kappa shape index (κ2) is 6.53. The van der Waals surface area contributed by atoms with Crippen LogP contribution in [0.2, 0.25) is 0 Å². The first kappa shape index (κ1) is 16.9. The Kier molecular flexibility index (Phi) is 5.25. The van der Waals surface area contributed by atoms with E-state index >= 15 is 0 Å². The normalized spacial score (nSPS) is 10.7. The molecule has 0 unspecified atom stereocenters. The highest BCUT2D eigenvalue weighted by Gasteiger charge is 2.32. The van der Waals surface area contributed by atoms with Gasteiger partial charge in [0, 0.05) is 0 Å². The summed E-state index contributed by atoms with van der Waals surface area (Å²) in [4.78, 5) is 23.7. The second-order valence-electron chi connectivity index (χ2n) is 3.52. The quantitative estimate of drug-likeness (QED) is 0.659. The molecule has 0 aromatic heterocycles. The van der Waals surface area contributed by atoms with E-state index in [0.29, 0.717) is 11.1 Å². The molecule has 112 valence electrons. The standard InChI is InChI=1S/C12H8BrF3N2O3/c1-2-10(19)18(11(20)6-17)7-3-4-9(8(13)5-7)21-12(14,15)16/h2-6,17H,1H2. The van der Waals surface area contributed by atoms with E-state index in [1.165, 1.54) is 0 Å². The van der Waals surface area contributed by atoms with E-state index in [-0.39, 0.29) is 10.2 Å². The number of nitrogens with one attached hydrogen (secondary N) is 1. The monoisotopic (exact) mass is 364 g/mol. The number of carbonyl (C=O) groups excluding carboxylic acids is 2. The van der Waals surface area contributed by atoms with E-state index in [9.17, 15) is 22.8 Å². The second-order valence-corrected chi connectivity index (χ2v) is 4.38. The summed E-state index contributed by atoms with van der Waals surface area (Å²) < 4.78 is 40.1. The molecule has 0 spiro atoms. The fourth-order valence-corrected chi connectivity index (χ4v) is 1.80. The number of benzene rings is 1. The number of anilines is 1. The summed E-state index contributed by atoms with van der Waals surface area (Å²) >= 11 is 2.85. The Hall–Kier alpha value is -2.16. The molecule has 0 saturated heterocycles. The average Bonchev–Trinajstić information content (AvgIpc) is 2.40. The molecule has 2 amide bonds. The average molecular weight is 365 g/mol. The lowest BCUT2D eigenvalue weighted by atomic mass is 10.2. The number of ether oxygens (including phenoxy) is 1. The predicted molar refractivity (Wildman–Crippen MR) is 72.3 cm³/mol. The highest BCUT2D eigenvalue weighted by atomic mass is 79.9. The third kappa shape index (κ3) is 4.42. The van der Waals surface area contributed by atoms with E-state index in [2.05, 4.69) is 27.2 Å². The van der Waals surface area contributed by atoms with E-state index in [4.69, 9.17) is 5.41 Å². The van der Waals surface area contributed by atoms with E-state index < -0.39 is 23.9 Å². The molecular formula is C12H8BrF3N2O3. The Morgan fingerprint density at radius 1 is 1.33 bits per heavy atom. The van der Waals surface area contributed by atoms with Gasteiger partial charge in [0.05, 0.1) is 16.4 Å².